The molecule has 0 amide bonds. The first kappa shape index (κ1) is 14.8. The molecule has 2 aromatic carbocycles. The van der Waals surface area contributed by atoms with Crippen LogP contribution < -0.4 is 4.74 Å². The van der Waals surface area contributed by atoms with Gasteiger partial charge in [0.2, 0.25) is 0 Å². The number of rotatable bonds is 3. The average molecular weight is 349 g/mol. The van der Waals surface area contributed by atoms with Crippen molar-refractivity contribution in [1.29, 1.82) is 0 Å². The quantitative estimate of drug-likeness (QED) is 0.523. The van der Waals surface area contributed by atoms with E-state index in [0.29, 0.717) is 17.1 Å². The van der Waals surface area contributed by atoms with Crippen molar-refractivity contribution in [2.45, 2.75) is 11.5 Å². The monoisotopic (exact) mass is 348 g/mol. The topological polar surface area (TPSA) is 9.23 Å². The molecule has 0 fully saturated rings. The third-order valence-corrected chi connectivity index (χ3v) is 3.16. The highest BCUT2D eigenvalue weighted by atomic mass is 79.9. The Morgan fingerprint density at radius 2 is 1.60 bits per heavy atom. The molecule has 0 aromatic heterocycles. The second-order valence-electron chi connectivity index (χ2n) is 4.05. The second-order valence-corrected chi connectivity index (χ2v) is 4.61. The summed E-state index contributed by atoms with van der Waals surface area (Å²) in [4.78, 5) is 0. The van der Waals surface area contributed by atoms with Crippen LogP contribution in [0, 0.1) is 5.82 Å². The molecule has 2 aromatic rings. The van der Waals surface area contributed by atoms with Gasteiger partial charge in [-0.1, -0.05) is 28.1 Å². The highest BCUT2D eigenvalue weighted by Gasteiger charge is 2.31. The number of hydrogen-bond acceptors (Lipinski definition) is 1. The van der Waals surface area contributed by atoms with E-state index in [1.165, 1.54) is 0 Å². The van der Waals surface area contributed by atoms with E-state index >= 15 is 0 Å². The number of alkyl halides is 4. The molecule has 0 aliphatic rings. The Bertz CT molecular complexity index is 593. The Morgan fingerprint density at radius 3 is 2.15 bits per heavy atom. The van der Waals surface area contributed by atoms with Gasteiger partial charge in [0.15, 0.2) is 0 Å². The zero-order chi connectivity index (χ0) is 14.8. The molecule has 0 aliphatic heterocycles. The Hall–Kier alpha value is -1.56. The highest BCUT2D eigenvalue weighted by molar-refractivity contribution is 9.08. The molecule has 0 aliphatic carbocycles. The van der Waals surface area contributed by atoms with Gasteiger partial charge in [0, 0.05) is 11.4 Å². The standard InChI is InChI=1S/C14H9BrF4O/c15-8-9-1-3-12(4-2-9)20-13-6-10(14(17,18)19)5-11(16)7-13/h1-7H,8H2. The average Bonchev–Trinajstić information content (AvgIpc) is 2.38. The lowest BCUT2D eigenvalue weighted by molar-refractivity contribution is -0.137. The zero-order valence-corrected chi connectivity index (χ0v) is 11.6. The van der Waals surface area contributed by atoms with Crippen molar-refractivity contribution in [3.63, 3.8) is 0 Å². The lowest BCUT2D eigenvalue weighted by atomic mass is 10.2. The summed E-state index contributed by atoms with van der Waals surface area (Å²) in [6.07, 6.45) is -4.61. The molecule has 1 nitrogen and oxygen atoms in total. The summed E-state index contributed by atoms with van der Waals surface area (Å²) >= 11 is 3.27. The van der Waals surface area contributed by atoms with Crippen LogP contribution in [0.2, 0.25) is 0 Å². The Balaban J connectivity index is 2.26. The van der Waals surface area contributed by atoms with E-state index < -0.39 is 17.6 Å². The summed E-state index contributed by atoms with van der Waals surface area (Å²) in [5.74, 6) is -0.843. The van der Waals surface area contributed by atoms with Gasteiger partial charge in [0.25, 0.3) is 0 Å². The number of hydrogen-bond donors (Lipinski definition) is 0. The van der Waals surface area contributed by atoms with Crippen molar-refractivity contribution in [1.82, 2.24) is 0 Å². The zero-order valence-electron chi connectivity index (χ0n) is 10.0. The molecule has 0 atom stereocenters. The normalized spacial score (nSPS) is 11.4. The highest BCUT2D eigenvalue weighted by Crippen LogP contribution is 2.33. The first-order valence-corrected chi connectivity index (χ1v) is 6.71. The smallest absolute Gasteiger partial charge is 0.416 e. The van der Waals surface area contributed by atoms with E-state index in [2.05, 4.69) is 15.9 Å². The molecule has 0 N–H and O–H groups in total. The van der Waals surface area contributed by atoms with Crippen LogP contribution in [0.25, 0.3) is 0 Å². The molecule has 0 saturated carbocycles. The van der Waals surface area contributed by atoms with Crippen LogP contribution in [0.1, 0.15) is 11.1 Å². The molecule has 20 heavy (non-hydrogen) atoms. The van der Waals surface area contributed by atoms with E-state index in [1.54, 1.807) is 24.3 Å². The fraction of sp³-hybridized carbons (Fsp3) is 0.143. The van der Waals surface area contributed by atoms with Crippen LogP contribution in [0.3, 0.4) is 0 Å². The molecule has 0 unspecified atom stereocenters. The molecule has 0 radical (unpaired) electrons. The summed E-state index contributed by atoms with van der Waals surface area (Å²) < 4.78 is 56.1. The molecule has 0 saturated heterocycles. The van der Waals surface area contributed by atoms with Crippen LogP contribution in [0.15, 0.2) is 42.5 Å². The third kappa shape index (κ3) is 3.72. The van der Waals surface area contributed by atoms with Crippen molar-refractivity contribution < 1.29 is 22.3 Å². The van der Waals surface area contributed by atoms with Gasteiger partial charge >= 0.3 is 6.18 Å². The van der Waals surface area contributed by atoms with Gasteiger partial charge in [0.1, 0.15) is 17.3 Å². The van der Waals surface area contributed by atoms with E-state index in [0.717, 1.165) is 17.7 Å². The van der Waals surface area contributed by atoms with Gasteiger partial charge in [-0.05, 0) is 29.8 Å². The maximum atomic E-state index is 13.2. The van der Waals surface area contributed by atoms with Crippen LogP contribution in [-0.2, 0) is 11.5 Å². The lowest BCUT2D eigenvalue weighted by Crippen LogP contribution is -2.05. The fourth-order valence-corrected chi connectivity index (χ4v) is 1.94. The van der Waals surface area contributed by atoms with E-state index in [9.17, 15) is 17.6 Å². The predicted molar refractivity (Wildman–Crippen MR) is 70.5 cm³/mol. The maximum Gasteiger partial charge on any atom is 0.416 e. The Morgan fingerprint density at radius 1 is 0.950 bits per heavy atom. The van der Waals surface area contributed by atoms with Gasteiger partial charge < -0.3 is 4.74 Å². The van der Waals surface area contributed by atoms with E-state index in [-0.39, 0.29) is 5.75 Å². The van der Waals surface area contributed by atoms with Crippen molar-refractivity contribution in [2.24, 2.45) is 0 Å². The summed E-state index contributed by atoms with van der Waals surface area (Å²) in [7, 11) is 0. The first-order chi connectivity index (χ1) is 9.38. The first-order valence-electron chi connectivity index (χ1n) is 5.59. The number of benzene rings is 2. The minimum Gasteiger partial charge on any atom is -0.457 e. The molecule has 0 bridgehead atoms. The SMILES string of the molecule is Fc1cc(Oc2ccc(CBr)cc2)cc(C(F)(F)F)c1. The minimum atomic E-state index is -4.61. The van der Waals surface area contributed by atoms with Crippen LogP contribution >= 0.6 is 15.9 Å². The van der Waals surface area contributed by atoms with Gasteiger partial charge in [-0.25, -0.2) is 4.39 Å². The molecular formula is C14H9BrF4O. The molecule has 106 valence electrons. The van der Waals surface area contributed by atoms with Gasteiger partial charge in [-0.2, -0.15) is 13.2 Å². The summed E-state index contributed by atoms with van der Waals surface area (Å²) in [5.41, 5.74) is -0.0860. The Kier molecular flexibility index (Phi) is 4.32. The number of ether oxygens (including phenoxy) is 1. The van der Waals surface area contributed by atoms with E-state index in [1.807, 2.05) is 0 Å². The van der Waals surface area contributed by atoms with Gasteiger partial charge in [-0.15, -0.1) is 0 Å². The molecule has 0 heterocycles. The minimum absolute atomic E-state index is 0.191. The molecule has 2 rings (SSSR count). The Labute approximate surface area is 121 Å². The summed E-state index contributed by atoms with van der Waals surface area (Å²) in [6, 6.07) is 8.83. The van der Waals surface area contributed by atoms with Gasteiger partial charge in [-0.3, -0.25) is 0 Å². The number of halogens is 5. The predicted octanol–water partition coefficient (Wildman–Crippen LogP) is 5.53. The van der Waals surface area contributed by atoms with Crippen LogP contribution in [0.4, 0.5) is 17.6 Å². The van der Waals surface area contributed by atoms with Crippen LogP contribution in [0.5, 0.6) is 11.5 Å². The lowest BCUT2D eigenvalue weighted by Gasteiger charge is -2.10. The van der Waals surface area contributed by atoms with Gasteiger partial charge in [0.05, 0.1) is 5.56 Å². The van der Waals surface area contributed by atoms with Crippen molar-refractivity contribution in [3.05, 3.63) is 59.4 Å². The molecule has 0 spiro atoms. The van der Waals surface area contributed by atoms with Crippen molar-refractivity contribution in [3.8, 4) is 11.5 Å². The third-order valence-electron chi connectivity index (χ3n) is 2.51. The second kappa shape index (κ2) is 5.83. The maximum absolute atomic E-state index is 13.2. The summed E-state index contributed by atoms with van der Waals surface area (Å²) in [5, 5.41) is 0.658. The summed E-state index contributed by atoms with van der Waals surface area (Å²) in [6.45, 7) is 0. The van der Waals surface area contributed by atoms with Crippen molar-refractivity contribution in [2.75, 3.05) is 0 Å². The largest absolute Gasteiger partial charge is 0.457 e. The van der Waals surface area contributed by atoms with Crippen molar-refractivity contribution >= 4 is 15.9 Å². The fourth-order valence-electron chi connectivity index (χ4n) is 1.57. The molecular weight excluding hydrogens is 340 g/mol. The van der Waals surface area contributed by atoms with Crippen LogP contribution in [-0.4, -0.2) is 0 Å². The van der Waals surface area contributed by atoms with E-state index in [4.69, 9.17) is 4.74 Å². The molecule has 6 heteroatoms.